The normalized spacial score (nSPS) is 25.0. The summed E-state index contributed by atoms with van der Waals surface area (Å²) in [6.07, 6.45) is 4.42. The fraction of sp³-hybridized carbons (Fsp3) is 0.500. The number of thiophene rings is 1. The zero-order valence-electron chi connectivity index (χ0n) is 9.40. The highest BCUT2D eigenvalue weighted by atomic mass is 32.1. The number of halogens is 1. The van der Waals surface area contributed by atoms with Gasteiger partial charge in [0.15, 0.2) is 0 Å². The van der Waals surface area contributed by atoms with Gasteiger partial charge in [0, 0.05) is 0 Å². The summed E-state index contributed by atoms with van der Waals surface area (Å²) < 4.78 is 14.8. The quantitative estimate of drug-likeness (QED) is 0.889. The fourth-order valence-corrected chi connectivity index (χ4v) is 3.11. The molecule has 2 atom stereocenters. The summed E-state index contributed by atoms with van der Waals surface area (Å²) in [5, 5.41) is 5.23. The molecule has 1 aliphatic carbocycles. The van der Waals surface area contributed by atoms with E-state index < -0.39 is 6.17 Å². The molecule has 2 aromatic rings. The maximum atomic E-state index is 13.8. The van der Waals surface area contributed by atoms with Gasteiger partial charge in [-0.2, -0.15) is 0 Å². The van der Waals surface area contributed by atoms with Gasteiger partial charge in [0.25, 0.3) is 0 Å². The molecule has 0 spiro atoms. The summed E-state index contributed by atoms with van der Waals surface area (Å²) in [7, 11) is 0. The minimum atomic E-state index is -0.756. The molecule has 2 aromatic heterocycles. The summed E-state index contributed by atoms with van der Waals surface area (Å²) in [5.74, 6) is 0.777. The van der Waals surface area contributed by atoms with E-state index in [-0.39, 0.29) is 6.04 Å². The summed E-state index contributed by atoms with van der Waals surface area (Å²) in [5.41, 5.74) is 0.929. The van der Waals surface area contributed by atoms with E-state index in [1.165, 1.54) is 6.33 Å². The van der Waals surface area contributed by atoms with Gasteiger partial charge in [-0.15, -0.1) is 11.3 Å². The molecule has 17 heavy (non-hydrogen) atoms. The minimum Gasteiger partial charge on any atom is -0.363 e. The Labute approximate surface area is 103 Å². The van der Waals surface area contributed by atoms with Crippen LogP contribution >= 0.6 is 11.3 Å². The Morgan fingerprint density at radius 2 is 2.18 bits per heavy atom. The number of alkyl halides is 1. The van der Waals surface area contributed by atoms with Crippen LogP contribution in [0.1, 0.15) is 25.7 Å². The van der Waals surface area contributed by atoms with Crippen molar-refractivity contribution in [3.05, 3.63) is 17.8 Å². The van der Waals surface area contributed by atoms with Crippen LogP contribution in [-0.4, -0.2) is 22.2 Å². The molecule has 1 aliphatic rings. The molecule has 1 N–H and O–H groups in total. The molecule has 3 nitrogen and oxygen atoms in total. The number of hydrogen-bond acceptors (Lipinski definition) is 4. The van der Waals surface area contributed by atoms with Gasteiger partial charge >= 0.3 is 0 Å². The second kappa shape index (κ2) is 4.56. The highest BCUT2D eigenvalue weighted by Crippen LogP contribution is 2.29. The van der Waals surface area contributed by atoms with Crippen molar-refractivity contribution in [2.24, 2.45) is 0 Å². The van der Waals surface area contributed by atoms with E-state index in [9.17, 15) is 4.39 Å². The Hall–Kier alpha value is -1.23. The average molecular weight is 251 g/mol. The fourth-order valence-electron chi connectivity index (χ4n) is 2.32. The number of nitrogens with one attached hydrogen (secondary N) is 1. The standard InChI is InChI=1S/C12H14FN3S/c13-8-3-1-2-4-9(8)16-12-11-10(5-6-17-11)14-7-15-12/h5-9H,1-4H2,(H,14,15,16)/t8-,9-/m1/s1. The third-order valence-corrected chi connectivity index (χ3v) is 4.16. The Morgan fingerprint density at radius 3 is 3.06 bits per heavy atom. The Bertz CT molecular complexity index is 513. The molecule has 0 amide bonds. The van der Waals surface area contributed by atoms with Crippen molar-refractivity contribution in [1.29, 1.82) is 0 Å². The van der Waals surface area contributed by atoms with Crippen molar-refractivity contribution < 1.29 is 4.39 Å². The zero-order chi connectivity index (χ0) is 11.7. The number of nitrogens with zero attached hydrogens (tertiary/aromatic N) is 2. The van der Waals surface area contributed by atoms with Crippen molar-refractivity contribution in [1.82, 2.24) is 9.97 Å². The Morgan fingerprint density at radius 1 is 1.29 bits per heavy atom. The van der Waals surface area contributed by atoms with Gasteiger partial charge in [-0.1, -0.05) is 12.8 Å². The lowest BCUT2D eigenvalue weighted by atomic mass is 9.94. The van der Waals surface area contributed by atoms with Crippen LogP contribution in [-0.2, 0) is 0 Å². The molecule has 2 heterocycles. The lowest BCUT2D eigenvalue weighted by molar-refractivity contribution is 0.230. The van der Waals surface area contributed by atoms with Gasteiger partial charge in [0.2, 0.25) is 0 Å². The number of anilines is 1. The van der Waals surface area contributed by atoms with E-state index in [0.29, 0.717) is 6.42 Å². The predicted molar refractivity (Wildman–Crippen MR) is 68.2 cm³/mol. The van der Waals surface area contributed by atoms with E-state index >= 15 is 0 Å². The highest BCUT2D eigenvalue weighted by Gasteiger charge is 2.25. The average Bonchev–Trinajstić information content (AvgIpc) is 2.81. The number of aromatic nitrogens is 2. The van der Waals surface area contributed by atoms with Crippen molar-refractivity contribution in [2.45, 2.75) is 37.9 Å². The van der Waals surface area contributed by atoms with Gasteiger partial charge < -0.3 is 5.32 Å². The van der Waals surface area contributed by atoms with Crippen molar-refractivity contribution in [3.63, 3.8) is 0 Å². The molecule has 1 saturated carbocycles. The summed E-state index contributed by atoms with van der Waals surface area (Å²) in [6, 6.07) is 1.87. The maximum Gasteiger partial charge on any atom is 0.147 e. The van der Waals surface area contributed by atoms with Crippen LogP contribution in [0.4, 0.5) is 10.2 Å². The van der Waals surface area contributed by atoms with Crippen molar-refractivity contribution in [3.8, 4) is 0 Å². The van der Waals surface area contributed by atoms with Gasteiger partial charge in [0.1, 0.15) is 18.3 Å². The van der Waals surface area contributed by atoms with E-state index in [1.54, 1.807) is 11.3 Å². The topological polar surface area (TPSA) is 37.8 Å². The Kier molecular flexibility index (Phi) is 2.93. The molecule has 90 valence electrons. The van der Waals surface area contributed by atoms with Crippen LogP contribution in [0, 0.1) is 0 Å². The third-order valence-electron chi connectivity index (χ3n) is 3.25. The molecule has 0 radical (unpaired) electrons. The lowest BCUT2D eigenvalue weighted by Gasteiger charge is -2.27. The molecule has 0 aliphatic heterocycles. The van der Waals surface area contributed by atoms with Gasteiger partial charge in [0.05, 0.1) is 16.3 Å². The van der Waals surface area contributed by atoms with Crippen LogP contribution in [0.15, 0.2) is 17.8 Å². The molecule has 0 bridgehead atoms. The molecule has 0 aromatic carbocycles. The third kappa shape index (κ3) is 2.11. The summed E-state index contributed by atoms with van der Waals surface area (Å²) >= 11 is 1.59. The van der Waals surface area contributed by atoms with Gasteiger partial charge in [-0.25, -0.2) is 14.4 Å². The van der Waals surface area contributed by atoms with Crippen LogP contribution < -0.4 is 5.32 Å². The van der Waals surface area contributed by atoms with Crippen LogP contribution in [0.25, 0.3) is 10.2 Å². The molecular weight excluding hydrogens is 237 g/mol. The number of fused-ring (bicyclic) bond motifs is 1. The number of rotatable bonds is 2. The van der Waals surface area contributed by atoms with Crippen molar-refractivity contribution >= 4 is 27.4 Å². The first-order valence-corrected chi connectivity index (χ1v) is 6.81. The first-order chi connectivity index (χ1) is 8.34. The second-order valence-corrected chi connectivity index (χ2v) is 5.32. The lowest BCUT2D eigenvalue weighted by Crippen LogP contribution is -2.33. The summed E-state index contributed by atoms with van der Waals surface area (Å²) in [6.45, 7) is 0. The van der Waals surface area contributed by atoms with Gasteiger partial charge in [-0.3, -0.25) is 0 Å². The molecule has 0 unspecified atom stereocenters. The minimum absolute atomic E-state index is 0.0936. The summed E-state index contributed by atoms with van der Waals surface area (Å²) in [4.78, 5) is 8.41. The van der Waals surface area contributed by atoms with Crippen LogP contribution in [0.2, 0.25) is 0 Å². The largest absolute Gasteiger partial charge is 0.363 e. The zero-order valence-corrected chi connectivity index (χ0v) is 10.2. The Balaban J connectivity index is 1.86. The van der Waals surface area contributed by atoms with E-state index in [0.717, 1.165) is 35.3 Å². The SMILES string of the molecule is F[C@@H]1CCCC[C@H]1Nc1ncnc2ccsc12. The molecular formula is C12H14FN3S. The van der Waals surface area contributed by atoms with Crippen LogP contribution in [0.5, 0.6) is 0 Å². The predicted octanol–water partition coefficient (Wildman–Crippen LogP) is 3.38. The second-order valence-electron chi connectivity index (χ2n) is 4.41. The molecule has 5 heteroatoms. The van der Waals surface area contributed by atoms with E-state index in [1.807, 2.05) is 11.4 Å². The maximum absolute atomic E-state index is 13.8. The molecule has 3 rings (SSSR count). The van der Waals surface area contributed by atoms with E-state index in [2.05, 4.69) is 15.3 Å². The van der Waals surface area contributed by atoms with E-state index in [4.69, 9.17) is 0 Å². The molecule has 1 fully saturated rings. The highest BCUT2D eigenvalue weighted by molar-refractivity contribution is 7.17. The smallest absolute Gasteiger partial charge is 0.147 e. The van der Waals surface area contributed by atoms with Crippen LogP contribution in [0.3, 0.4) is 0 Å². The monoisotopic (exact) mass is 251 g/mol. The number of hydrogen-bond donors (Lipinski definition) is 1. The first kappa shape index (κ1) is 10.9. The van der Waals surface area contributed by atoms with Gasteiger partial charge in [-0.05, 0) is 24.3 Å². The first-order valence-electron chi connectivity index (χ1n) is 5.93. The van der Waals surface area contributed by atoms with Crippen molar-refractivity contribution in [2.75, 3.05) is 5.32 Å². The molecule has 0 saturated heterocycles.